The van der Waals surface area contributed by atoms with Gasteiger partial charge in [-0.2, -0.15) is 0 Å². The number of benzene rings is 3. The number of carbonyl (C=O) groups excluding carboxylic acids is 2. The Morgan fingerprint density at radius 3 is 2.43 bits per heavy atom. The van der Waals surface area contributed by atoms with Gasteiger partial charge >= 0.3 is 0 Å². The number of hydrogen-bond acceptors (Lipinski definition) is 7. The maximum atomic E-state index is 13.6. The van der Waals surface area contributed by atoms with Crippen LogP contribution >= 0.6 is 11.8 Å². The van der Waals surface area contributed by atoms with E-state index < -0.39 is 12.6 Å². The number of thioether (sulfide) groups is 1. The van der Waals surface area contributed by atoms with Crippen LogP contribution in [0.15, 0.2) is 76.6 Å². The van der Waals surface area contributed by atoms with Crippen molar-refractivity contribution in [1.82, 2.24) is 0 Å². The van der Waals surface area contributed by atoms with Crippen LogP contribution in [0.5, 0.6) is 11.5 Å². The van der Waals surface area contributed by atoms with Crippen molar-refractivity contribution >= 4 is 46.3 Å². The first-order valence-corrected chi connectivity index (χ1v) is 11.6. The number of anilines is 1. The predicted molar refractivity (Wildman–Crippen MR) is 136 cm³/mol. The summed E-state index contributed by atoms with van der Waals surface area (Å²) in [6, 6.07) is 20.4. The molecule has 178 valence electrons. The highest BCUT2D eigenvalue weighted by atomic mass is 32.2. The highest BCUT2D eigenvalue weighted by Crippen LogP contribution is 2.39. The van der Waals surface area contributed by atoms with Crippen molar-refractivity contribution in [2.75, 3.05) is 18.6 Å². The molecule has 3 aromatic rings. The minimum atomic E-state index is -1.33. The second kappa shape index (κ2) is 10.5. The Morgan fingerprint density at radius 1 is 1.03 bits per heavy atom. The summed E-state index contributed by atoms with van der Waals surface area (Å²) in [5, 5.41) is 11.3. The van der Waals surface area contributed by atoms with E-state index in [2.05, 4.69) is 0 Å². The molecule has 3 aromatic carbocycles. The SMILES string of the molecule is COc1cc(/C=C2\SC(=Nc3ccccc3C)N(c3ccccc3C)C2=O)ccc1OCC(=O)[O-]. The summed E-state index contributed by atoms with van der Waals surface area (Å²) in [4.78, 5) is 31.2. The topological polar surface area (TPSA) is 91.3 Å². The van der Waals surface area contributed by atoms with Gasteiger partial charge in [-0.15, -0.1) is 0 Å². The van der Waals surface area contributed by atoms with Crippen LogP contribution in [0.25, 0.3) is 6.08 Å². The van der Waals surface area contributed by atoms with E-state index in [1.54, 1.807) is 29.2 Å². The Hall–Kier alpha value is -4.04. The Kier molecular flexibility index (Phi) is 7.22. The van der Waals surface area contributed by atoms with E-state index in [-0.39, 0.29) is 11.7 Å². The molecule has 7 nitrogen and oxygen atoms in total. The number of para-hydroxylation sites is 2. The van der Waals surface area contributed by atoms with E-state index in [4.69, 9.17) is 14.5 Å². The zero-order chi connectivity index (χ0) is 24.9. The van der Waals surface area contributed by atoms with Gasteiger partial charge in [0.1, 0.15) is 6.61 Å². The lowest BCUT2D eigenvalue weighted by molar-refractivity contribution is -0.307. The molecule has 0 atom stereocenters. The van der Waals surface area contributed by atoms with Gasteiger partial charge in [0.15, 0.2) is 16.7 Å². The van der Waals surface area contributed by atoms with Gasteiger partial charge in [-0.05, 0) is 72.6 Å². The molecule has 4 rings (SSSR count). The third-order valence-corrected chi connectivity index (χ3v) is 6.29. The first-order chi connectivity index (χ1) is 16.9. The number of amidine groups is 1. The van der Waals surface area contributed by atoms with E-state index in [0.29, 0.717) is 21.4 Å². The minimum Gasteiger partial charge on any atom is -0.546 e. The van der Waals surface area contributed by atoms with Crippen molar-refractivity contribution in [3.8, 4) is 11.5 Å². The number of carbonyl (C=O) groups is 2. The number of rotatable bonds is 7. The Morgan fingerprint density at radius 2 is 1.74 bits per heavy atom. The molecule has 1 aliphatic rings. The van der Waals surface area contributed by atoms with Crippen LogP contribution in [-0.4, -0.2) is 30.8 Å². The summed E-state index contributed by atoms with van der Waals surface area (Å²) in [6.07, 6.45) is 1.75. The Balaban J connectivity index is 1.74. The average Bonchev–Trinajstić information content (AvgIpc) is 3.14. The molecule has 1 heterocycles. The number of carboxylic acid groups (broad SMARTS) is 1. The number of hydrogen-bond donors (Lipinski definition) is 0. The second-order valence-electron chi connectivity index (χ2n) is 7.79. The van der Waals surface area contributed by atoms with Crippen molar-refractivity contribution in [3.63, 3.8) is 0 Å². The quantitative estimate of drug-likeness (QED) is 0.463. The van der Waals surface area contributed by atoms with Crippen molar-refractivity contribution in [1.29, 1.82) is 0 Å². The van der Waals surface area contributed by atoms with Crippen molar-refractivity contribution in [2.45, 2.75) is 13.8 Å². The third kappa shape index (κ3) is 5.38. The van der Waals surface area contributed by atoms with E-state index >= 15 is 0 Å². The largest absolute Gasteiger partial charge is 0.546 e. The summed E-state index contributed by atoms with van der Waals surface area (Å²) in [7, 11) is 1.46. The molecule has 8 heteroatoms. The van der Waals surface area contributed by atoms with Crippen LogP contribution < -0.4 is 19.5 Å². The van der Waals surface area contributed by atoms with Crippen LogP contribution in [0, 0.1) is 13.8 Å². The third-order valence-electron chi connectivity index (χ3n) is 5.33. The highest BCUT2D eigenvalue weighted by Gasteiger charge is 2.35. The summed E-state index contributed by atoms with van der Waals surface area (Å²) < 4.78 is 10.5. The Labute approximate surface area is 207 Å². The van der Waals surface area contributed by atoms with Gasteiger partial charge in [0.2, 0.25) is 0 Å². The van der Waals surface area contributed by atoms with E-state index in [1.807, 2.05) is 62.4 Å². The first kappa shape index (κ1) is 24.1. The lowest BCUT2D eigenvalue weighted by Gasteiger charge is -2.18. The van der Waals surface area contributed by atoms with Gasteiger partial charge < -0.3 is 19.4 Å². The number of ether oxygens (including phenoxy) is 2. The average molecular weight is 488 g/mol. The molecule has 1 aliphatic heterocycles. The molecule has 1 fully saturated rings. The van der Waals surface area contributed by atoms with E-state index in [9.17, 15) is 14.7 Å². The molecule has 35 heavy (non-hydrogen) atoms. The van der Waals surface area contributed by atoms with Crippen molar-refractivity contribution in [3.05, 3.63) is 88.3 Å². The van der Waals surface area contributed by atoms with Crippen LogP contribution in [0.1, 0.15) is 16.7 Å². The van der Waals surface area contributed by atoms with Gasteiger partial charge in [0.25, 0.3) is 5.91 Å². The number of aliphatic imine (C=N–C) groups is 1. The molecule has 0 radical (unpaired) electrons. The molecule has 0 bridgehead atoms. The van der Waals surface area contributed by atoms with Crippen LogP contribution in [0.3, 0.4) is 0 Å². The molecule has 0 spiro atoms. The zero-order valence-electron chi connectivity index (χ0n) is 19.5. The molecule has 0 aliphatic carbocycles. The number of amides is 1. The van der Waals surface area contributed by atoms with E-state index in [1.165, 1.54) is 18.9 Å². The number of aliphatic carboxylic acids is 1. The summed E-state index contributed by atoms with van der Waals surface area (Å²) in [6.45, 7) is 3.35. The normalized spacial score (nSPS) is 15.6. The lowest BCUT2D eigenvalue weighted by Crippen LogP contribution is -2.29. The van der Waals surface area contributed by atoms with Gasteiger partial charge in [-0.3, -0.25) is 9.69 Å². The number of carboxylic acids is 1. The molecule has 0 saturated carbocycles. The van der Waals surface area contributed by atoms with Crippen LogP contribution in [0.4, 0.5) is 11.4 Å². The molecular formula is C27H23N2O5S-. The maximum Gasteiger partial charge on any atom is 0.271 e. The molecule has 1 saturated heterocycles. The van der Waals surface area contributed by atoms with Gasteiger partial charge in [0, 0.05) is 0 Å². The van der Waals surface area contributed by atoms with Gasteiger partial charge in [0.05, 0.1) is 29.4 Å². The lowest BCUT2D eigenvalue weighted by atomic mass is 10.1. The van der Waals surface area contributed by atoms with Crippen molar-refractivity contribution < 1.29 is 24.2 Å². The minimum absolute atomic E-state index is 0.187. The van der Waals surface area contributed by atoms with Crippen LogP contribution in [0.2, 0.25) is 0 Å². The standard InChI is InChI=1S/C27H24N2O5S/c1-17-8-4-6-10-20(17)28-27-29(21-11-7-5-9-18(21)2)26(32)24(35-27)15-19-12-13-22(23(14-19)33-3)34-16-25(30)31/h4-15H,16H2,1-3H3,(H,30,31)/p-1/b24-15-,28-27?. The summed E-state index contributed by atoms with van der Waals surface area (Å²) in [5.41, 5.74) is 4.21. The highest BCUT2D eigenvalue weighted by molar-refractivity contribution is 8.19. The zero-order valence-corrected chi connectivity index (χ0v) is 20.3. The fourth-order valence-corrected chi connectivity index (χ4v) is 4.54. The Bertz CT molecular complexity index is 1350. The number of nitrogens with zero attached hydrogens (tertiary/aromatic N) is 2. The summed E-state index contributed by atoms with van der Waals surface area (Å²) >= 11 is 1.29. The van der Waals surface area contributed by atoms with Crippen molar-refractivity contribution in [2.24, 2.45) is 4.99 Å². The molecule has 0 aromatic heterocycles. The number of aryl methyl sites for hydroxylation is 2. The molecule has 1 amide bonds. The van der Waals surface area contributed by atoms with Gasteiger partial charge in [-0.1, -0.05) is 42.5 Å². The second-order valence-corrected chi connectivity index (χ2v) is 8.80. The first-order valence-electron chi connectivity index (χ1n) is 10.8. The van der Waals surface area contributed by atoms with Gasteiger partial charge in [-0.25, -0.2) is 4.99 Å². The van der Waals surface area contributed by atoms with Crippen LogP contribution in [-0.2, 0) is 9.59 Å². The fourth-order valence-electron chi connectivity index (χ4n) is 3.55. The monoisotopic (exact) mass is 487 g/mol. The maximum absolute atomic E-state index is 13.6. The molecular weight excluding hydrogens is 464 g/mol. The van der Waals surface area contributed by atoms with E-state index in [0.717, 1.165) is 22.5 Å². The smallest absolute Gasteiger partial charge is 0.271 e. The molecule has 0 unspecified atom stereocenters. The number of methoxy groups -OCH3 is 1. The summed E-state index contributed by atoms with van der Waals surface area (Å²) in [5.74, 6) is -0.899. The fraction of sp³-hybridized carbons (Fsp3) is 0.148. The predicted octanol–water partition coefficient (Wildman–Crippen LogP) is 4.25. The molecule has 0 N–H and O–H groups in total.